The molecule has 1 aromatic rings. The quantitative estimate of drug-likeness (QED) is 0.790. The molecule has 1 aliphatic rings. The minimum atomic E-state index is 0.570. The maximum atomic E-state index is 5.08. The lowest BCUT2D eigenvalue weighted by atomic mass is 9.95. The molecule has 88 valence electrons. The Morgan fingerprint density at radius 3 is 2.81 bits per heavy atom. The van der Waals surface area contributed by atoms with Gasteiger partial charge >= 0.3 is 0 Å². The second-order valence-corrected chi connectivity index (χ2v) is 5.27. The lowest BCUT2D eigenvalue weighted by Crippen LogP contribution is -2.38. The van der Waals surface area contributed by atoms with Gasteiger partial charge in [0, 0.05) is 18.3 Å². The largest absolute Gasteiger partial charge is 0.353 e. The van der Waals surface area contributed by atoms with Gasteiger partial charge in [0.1, 0.15) is 4.64 Å². The molecule has 1 atom stereocenters. The third kappa shape index (κ3) is 2.53. The van der Waals surface area contributed by atoms with Crippen LogP contribution >= 0.6 is 12.2 Å². The van der Waals surface area contributed by atoms with E-state index in [1.54, 1.807) is 0 Å². The predicted molar refractivity (Wildman–Crippen MR) is 70.1 cm³/mol. The monoisotopic (exact) mass is 236 g/mol. The molecule has 1 saturated heterocycles. The summed E-state index contributed by atoms with van der Waals surface area (Å²) < 4.78 is 0.815. The van der Waals surface area contributed by atoms with E-state index in [1.807, 2.05) is 6.07 Å². The number of nitrogens with zero attached hydrogens (tertiary/aromatic N) is 1. The number of aromatic nitrogens is 1. The Labute approximate surface area is 103 Å². The molecule has 0 bridgehead atoms. The van der Waals surface area contributed by atoms with E-state index >= 15 is 0 Å². The first-order valence-corrected chi connectivity index (χ1v) is 6.53. The second-order valence-electron chi connectivity index (χ2n) is 4.83. The first-order valence-electron chi connectivity index (χ1n) is 6.13. The van der Waals surface area contributed by atoms with Crippen molar-refractivity contribution in [1.29, 1.82) is 0 Å². The average Bonchev–Trinajstić information content (AvgIpc) is 2.30. The van der Waals surface area contributed by atoms with Gasteiger partial charge in [-0.1, -0.05) is 24.7 Å². The number of pyridine rings is 1. The van der Waals surface area contributed by atoms with Crippen LogP contribution < -0.4 is 0 Å². The van der Waals surface area contributed by atoms with E-state index in [4.69, 9.17) is 12.2 Å². The Morgan fingerprint density at radius 2 is 2.19 bits per heavy atom. The molecule has 1 fully saturated rings. The standard InChI is InChI=1S/C13H20N2S/c1-10(2)15-8-4-3-5-12(15)11-6-7-13(16)14-9-11/h6-7,9-10,12H,3-5,8H2,1-2H3,(H,14,16)/t12-/m1/s1. The summed E-state index contributed by atoms with van der Waals surface area (Å²) in [6, 6.07) is 5.36. The molecule has 0 amide bonds. The van der Waals surface area contributed by atoms with Crippen LogP contribution in [0.4, 0.5) is 0 Å². The second kappa shape index (κ2) is 5.11. The van der Waals surface area contributed by atoms with E-state index in [-0.39, 0.29) is 0 Å². The van der Waals surface area contributed by atoms with Crippen LogP contribution in [0.25, 0.3) is 0 Å². The van der Waals surface area contributed by atoms with Gasteiger partial charge in [0.25, 0.3) is 0 Å². The molecule has 2 heterocycles. The zero-order valence-electron chi connectivity index (χ0n) is 10.1. The van der Waals surface area contributed by atoms with Gasteiger partial charge < -0.3 is 4.98 Å². The summed E-state index contributed by atoms with van der Waals surface area (Å²) in [5.41, 5.74) is 1.38. The van der Waals surface area contributed by atoms with E-state index in [0.29, 0.717) is 12.1 Å². The Bertz CT molecular complexity index is 377. The minimum absolute atomic E-state index is 0.570. The van der Waals surface area contributed by atoms with Crippen molar-refractivity contribution in [3.05, 3.63) is 28.5 Å². The Kier molecular flexibility index (Phi) is 3.77. The topological polar surface area (TPSA) is 19.0 Å². The number of aromatic amines is 1. The third-order valence-electron chi connectivity index (χ3n) is 3.40. The summed E-state index contributed by atoms with van der Waals surface area (Å²) in [5.74, 6) is 0. The molecule has 3 heteroatoms. The van der Waals surface area contributed by atoms with E-state index in [2.05, 4.69) is 36.0 Å². The Hall–Kier alpha value is -0.670. The highest BCUT2D eigenvalue weighted by Gasteiger charge is 2.25. The molecule has 2 rings (SSSR count). The fourth-order valence-electron chi connectivity index (χ4n) is 2.56. The highest BCUT2D eigenvalue weighted by Crippen LogP contribution is 2.31. The van der Waals surface area contributed by atoms with Gasteiger partial charge in [-0.15, -0.1) is 0 Å². The van der Waals surface area contributed by atoms with Crippen molar-refractivity contribution in [2.45, 2.75) is 45.2 Å². The predicted octanol–water partition coefficient (Wildman–Crippen LogP) is 3.68. The number of hydrogen-bond acceptors (Lipinski definition) is 2. The number of hydrogen-bond donors (Lipinski definition) is 1. The molecule has 1 aromatic heterocycles. The maximum Gasteiger partial charge on any atom is 0.103 e. The number of nitrogens with one attached hydrogen (secondary N) is 1. The summed E-state index contributed by atoms with van der Waals surface area (Å²) in [5, 5.41) is 0. The van der Waals surface area contributed by atoms with Gasteiger partial charge in [0.05, 0.1) is 0 Å². The van der Waals surface area contributed by atoms with Crippen LogP contribution in [0.1, 0.15) is 44.7 Å². The number of piperidine rings is 1. The van der Waals surface area contributed by atoms with Gasteiger partial charge in [0.15, 0.2) is 0 Å². The van der Waals surface area contributed by atoms with E-state index < -0.39 is 0 Å². The summed E-state index contributed by atoms with van der Waals surface area (Å²) in [7, 11) is 0. The Balaban J connectivity index is 2.22. The van der Waals surface area contributed by atoms with Crippen molar-refractivity contribution in [1.82, 2.24) is 9.88 Å². The molecule has 0 aromatic carbocycles. The number of likely N-dealkylation sites (tertiary alicyclic amines) is 1. The summed E-state index contributed by atoms with van der Waals surface area (Å²) in [6.07, 6.45) is 6.01. The van der Waals surface area contributed by atoms with E-state index in [0.717, 1.165) is 4.64 Å². The van der Waals surface area contributed by atoms with Crippen molar-refractivity contribution in [2.75, 3.05) is 6.54 Å². The molecule has 0 aliphatic carbocycles. The van der Waals surface area contributed by atoms with Crippen LogP contribution in [-0.4, -0.2) is 22.5 Å². The van der Waals surface area contributed by atoms with Crippen molar-refractivity contribution in [3.63, 3.8) is 0 Å². The SMILES string of the molecule is CC(C)N1CCCC[C@@H]1c1ccc(=S)[nH]c1. The fraction of sp³-hybridized carbons (Fsp3) is 0.615. The van der Waals surface area contributed by atoms with Crippen molar-refractivity contribution >= 4 is 12.2 Å². The van der Waals surface area contributed by atoms with Gasteiger partial charge in [-0.05, 0) is 44.9 Å². The van der Waals surface area contributed by atoms with Crippen LogP contribution in [0.3, 0.4) is 0 Å². The van der Waals surface area contributed by atoms with Gasteiger partial charge in [-0.2, -0.15) is 0 Å². The van der Waals surface area contributed by atoms with Gasteiger partial charge in [0.2, 0.25) is 0 Å². The average molecular weight is 236 g/mol. The lowest BCUT2D eigenvalue weighted by Gasteiger charge is -2.38. The molecule has 0 unspecified atom stereocenters. The van der Waals surface area contributed by atoms with Crippen LogP contribution in [-0.2, 0) is 0 Å². The van der Waals surface area contributed by atoms with Crippen molar-refractivity contribution < 1.29 is 0 Å². The van der Waals surface area contributed by atoms with Crippen LogP contribution in [0.15, 0.2) is 18.3 Å². The molecule has 0 spiro atoms. The summed E-state index contributed by atoms with van der Waals surface area (Å²) >= 11 is 5.08. The molecule has 0 saturated carbocycles. The smallest absolute Gasteiger partial charge is 0.103 e. The highest BCUT2D eigenvalue weighted by molar-refractivity contribution is 7.71. The van der Waals surface area contributed by atoms with Gasteiger partial charge in [-0.25, -0.2) is 0 Å². The van der Waals surface area contributed by atoms with Crippen LogP contribution in [0, 0.1) is 4.64 Å². The van der Waals surface area contributed by atoms with E-state index in [1.165, 1.54) is 31.4 Å². The summed E-state index contributed by atoms with van der Waals surface area (Å²) in [4.78, 5) is 5.74. The third-order valence-corrected chi connectivity index (χ3v) is 3.65. The molecule has 16 heavy (non-hydrogen) atoms. The van der Waals surface area contributed by atoms with E-state index in [9.17, 15) is 0 Å². The molecular formula is C13H20N2S. The fourth-order valence-corrected chi connectivity index (χ4v) is 2.69. The Morgan fingerprint density at radius 1 is 1.38 bits per heavy atom. The molecular weight excluding hydrogens is 216 g/mol. The minimum Gasteiger partial charge on any atom is -0.353 e. The lowest BCUT2D eigenvalue weighted by molar-refractivity contribution is 0.112. The molecule has 1 aliphatic heterocycles. The van der Waals surface area contributed by atoms with Crippen LogP contribution in [0.5, 0.6) is 0 Å². The first-order chi connectivity index (χ1) is 7.68. The molecule has 0 radical (unpaired) electrons. The molecule has 1 N–H and O–H groups in total. The summed E-state index contributed by atoms with van der Waals surface area (Å²) in [6.45, 7) is 5.78. The highest BCUT2D eigenvalue weighted by atomic mass is 32.1. The zero-order chi connectivity index (χ0) is 11.5. The van der Waals surface area contributed by atoms with Crippen LogP contribution in [0.2, 0.25) is 0 Å². The molecule has 2 nitrogen and oxygen atoms in total. The van der Waals surface area contributed by atoms with Crippen molar-refractivity contribution in [3.8, 4) is 0 Å². The first kappa shape index (κ1) is 11.8. The normalized spacial score (nSPS) is 22.6. The van der Waals surface area contributed by atoms with Gasteiger partial charge in [-0.3, -0.25) is 4.90 Å². The van der Waals surface area contributed by atoms with Crippen molar-refractivity contribution in [2.24, 2.45) is 0 Å². The zero-order valence-corrected chi connectivity index (χ0v) is 10.9. The number of H-pyrrole nitrogens is 1. The maximum absolute atomic E-state index is 5.08. The number of rotatable bonds is 2.